The molecule has 4 nitrogen and oxygen atoms in total. The lowest BCUT2D eigenvalue weighted by Crippen LogP contribution is -2.35. The van der Waals surface area contributed by atoms with Crippen LogP contribution in [0.25, 0.3) is 0 Å². The Kier molecular flexibility index (Phi) is 6.41. The second-order valence-electron chi connectivity index (χ2n) is 5.61. The number of alkyl halides is 3. The summed E-state index contributed by atoms with van der Waals surface area (Å²) in [5.74, 6) is -0.516. The highest BCUT2D eigenvalue weighted by Gasteiger charge is 2.27. The minimum atomic E-state index is -4.40. The van der Waals surface area contributed by atoms with E-state index in [2.05, 4.69) is 27.1 Å². The van der Waals surface area contributed by atoms with E-state index in [1.54, 1.807) is 0 Å². The quantitative estimate of drug-likeness (QED) is 0.779. The van der Waals surface area contributed by atoms with E-state index >= 15 is 0 Å². The smallest absolute Gasteiger partial charge is 0.362 e. The van der Waals surface area contributed by atoms with E-state index in [-0.39, 0.29) is 0 Å². The summed E-state index contributed by atoms with van der Waals surface area (Å²) in [4.78, 5) is 13.6. The second-order valence-corrected chi connectivity index (χ2v) is 5.61. The van der Waals surface area contributed by atoms with Crippen molar-refractivity contribution in [2.45, 2.75) is 25.6 Å². The molecular weight excluding hydrogens is 309 g/mol. The fourth-order valence-electron chi connectivity index (χ4n) is 2.59. The van der Waals surface area contributed by atoms with Gasteiger partial charge < -0.3 is 10.1 Å². The molecule has 2 rings (SSSR count). The van der Waals surface area contributed by atoms with Gasteiger partial charge in [-0.25, -0.2) is 0 Å². The molecule has 1 amide bonds. The summed E-state index contributed by atoms with van der Waals surface area (Å²) in [6.45, 7) is 1.22. The highest BCUT2D eigenvalue weighted by atomic mass is 19.4. The van der Waals surface area contributed by atoms with Gasteiger partial charge >= 0.3 is 6.18 Å². The topological polar surface area (TPSA) is 41.6 Å². The average molecular weight is 330 g/mol. The van der Waals surface area contributed by atoms with Crippen molar-refractivity contribution < 1.29 is 22.7 Å². The first-order valence-corrected chi connectivity index (χ1v) is 7.64. The van der Waals surface area contributed by atoms with Crippen LogP contribution < -0.4 is 5.32 Å². The van der Waals surface area contributed by atoms with Gasteiger partial charge in [-0.3, -0.25) is 9.69 Å². The van der Waals surface area contributed by atoms with Crippen molar-refractivity contribution in [1.29, 1.82) is 0 Å². The molecule has 0 saturated heterocycles. The van der Waals surface area contributed by atoms with Crippen LogP contribution in [-0.4, -0.2) is 49.8 Å². The third-order valence-corrected chi connectivity index (χ3v) is 3.68. The minimum Gasteiger partial charge on any atom is -0.362 e. The molecule has 1 aromatic carbocycles. The number of ether oxygens (including phenoxy) is 1. The van der Waals surface area contributed by atoms with E-state index in [0.29, 0.717) is 6.54 Å². The Hall–Kier alpha value is -1.60. The van der Waals surface area contributed by atoms with Gasteiger partial charge in [0.2, 0.25) is 5.91 Å². The van der Waals surface area contributed by atoms with Crippen molar-refractivity contribution in [3.63, 3.8) is 0 Å². The summed E-state index contributed by atoms with van der Waals surface area (Å²) in [7, 11) is 0. The molecule has 1 heterocycles. The van der Waals surface area contributed by atoms with Crippen LogP contribution in [0.5, 0.6) is 0 Å². The van der Waals surface area contributed by atoms with E-state index in [0.717, 1.165) is 32.5 Å². The molecule has 0 bridgehead atoms. The van der Waals surface area contributed by atoms with Crippen molar-refractivity contribution in [1.82, 2.24) is 10.2 Å². The summed E-state index contributed by atoms with van der Waals surface area (Å²) in [5.41, 5.74) is 2.72. The van der Waals surface area contributed by atoms with E-state index < -0.39 is 25.3 Å². The SMILES string of the molecule is O=C(COCC(F)(F)F)NCCCN1CCc2ccccc2C1. The molecular formula is C16H21F3N2O2. The van der Waals surface area contributed by atoms with Gasteiger partial charge in [0.1, 0.15) is 13.2 Å². The monoisotopic (exact) mass is 330 g/mol. The molecule has 1 aliphatic heterocycles. The fourth-order valence-corrected chi connectivity index (χ4v) is 2.59. The zero-order valence-corrected chi connectivity index (χ0v) is 12.9. The molecule has 23 heavy (non-hydrogen) atoms. The highest BCUT2D eigenvalue weighted by Crippen LogP contribution is 2.18. The maximum atomic E-state index is 11.9. The molecule has 0 aromatic heterocycles. The predicted octanol–water partition coefficient (Wildman–Crippen LogP) is 2.13. The number of fused-ring (bicyclic) bond motifs is 1. The molecule has 0 atom stereocenters. The first-order valence-electron chi connectivity index (χ1n) is 7.64. The van der Waals surface area contributed by atoms with E-state index in [1.165, 1.54) is 11.1 Å². The predicted molar refractivity (Wildman–Crippen MR) is 79.9 cm³/mol. The van der Waals surface area contributed by atoms with Crippen LogP contribution in [-0.2, 0) is 22.5 Å². The summed E-state index contributed by atoms with van der Waals surface area (Å²) in [5, 5.41) is 2.57. The zero-order chi connectivity index (χ0) is 16.7. The molecule has 0 aliphatic carbocycles. The summed E-state index contributed by atoms with van der Waals surface area (Å²) >= 11 is 0. The van der Waals surface area contributed by atoms with Gasteiger partial charge in [-0.05, 0) is 24.0 Å². The molecule has 7 heteroatoms. The lowest BCUT2D eigenvalue weighted by Gasteiger charge is -2.28. The number of benzene rings is 1. The van der Waals surface area contributed by atoms with Crippen LogP contribution in [0.15, 0.2) is 24.3 Å². The molecule has 0 unspecified atom stereocenters. The number of carbonyl (C=O) groups is 1. The third-order valence-electron chi connectivity index (χ3n) is 3.68. The Labute approximate surface area is 133 Å². The lowest BCUT2D eigenvalue weighted by atomic mass is 10.00. The van der Waals surface area contributed by atoms with E-state index in [4.69, 9.17) is 0 Å². The van der Waals surface area contributed by atoms with Gasteiger partial charge in [0.05, 0.1) is 0 Å². The fraction of sp³-hybridized carbons (Fsp3) is 0.562. The van der Waals surface area contributed by atoms with E-state index in [9.17, 15) is 18.0 Å². The van der Waals surface area contributed by atoms with Crippen LogP contribution in [0.2, 0.25) is 0 Å². The number of hydrogen-bond acceptors (Lipinski definition) is 3. The summed E-state index contributed by atoms with van der Waals surface area (Å²) in [6.07, 6.45) is -2.62. The number of rotatable bonds is 7. The third kappa shape index (κ3) is 6.58. The molecule has 1 aliphatic rings. The Bertz CT molecular complexity index is 520. The maximum absolute atomic E-state index is 11.9. The summed E-state index contributed by atoms with van der Waals surface area (Å²) < 4.78 is 39.9. The van der Waals surface area contributed by atoms with Crippen LogP contribution in [0, 0.1) is 0 Å². The molecule has 0 saturated carbocycles. The first-order chi connectivity index (χ1) is 10.9. The Morgan fingerprint density at radius 1 is 1.26 bits per heavy atom. The normalized spacial score (nSPS) is 15.3. The van der Waals surface area contributed by atoms with Gasteiger partial charge in [-0.2, -0.15) is 13.2 Å². The van der Waals surface area contributed by atoms with Crippen LogP contribution in [0.1, 0.15) is 17.5 Å². The average Bonchev–Trinajstić information content (AvgIpc) is 2.50. The molecule has 0 spiro atoms. The van der Waals surface area contributed by atoms with Crippen LogP contribution in [0.4, 0.5) is 13.2 Å². The van der Waals surface area contributed by atoms with Gasteiger partial charge in [0.15, 0.2) is 0 Å². The Balaban J connectivity index is 1.57. The minimum absolute atomic E-state index is 0.437. The molecule has 1 aromatic rings. The van der Waals surface area contributed by atoms with Gasteiger partial charge in [0, 0.05) is 26.2 Å². The second kappa shape index (κ2) is 8.31. The maximum Gasteiger partial charge on any atom is 0.411 e. The van der Waals surface area contributed by atoms with Gasteiger partial charge in [-0.1, -0.05) is 24.3 Å². The first kappa shape index (κ1) is 17.7. The number of halogens is 3. The largest absolute Gasteiger partial charge is 0.411 e. The molecule has 0 fully saturated rings. The Morgan fingerprint density at radius 2 is 2.00 bits per heavy atom. The summed E-state index contributed by atoms with van der Waals surface area (Å²) in [6, 6.07) is 8.35. The number of nitrogens with one attached hydrogen (secondary N) is 1. The van der Waals surface area contributed by atoms with Crippen LogP contribution >= 0.6 is 0 Å². The van der Waals surface area contributed by atoms with Crippen molar-refractivity contribution >= 4 is 5.91 Å². The van der Waals surface area contributed by atoms with Crippen molar-refractivity contribution in [2.24, 2.45) is 0 Å². The highest BCUT2D eigenvalue weighted by molar-refractivity contribution is 5.77. The molecule has 0 radical (unpaired) electrons. The van der Waals surface area contributed by atoms with Gasteiger partial charge in [0.25, 0.3) is 0 Å². The van der Waals surface area contributed by atoms with Crippen molar-refractivity contribution in [2.75, 3.05) is 32.8 Å². The van der Waals surface area contributed by atoms with Gasteiger partial charge in [-0.15, -0.1) is 0 Å². The van der Waals surface area contributed by atoms with E-state index in [1.807, 2.05) is 12.1 Å². The van der Waals surface area contributed by atoms with Crippen molar-refractivity contribution in [3.8, 4) is 0 Å². The lowest BCUT2D eigenvalue weighted by molar-refractivity contribution is -0.175. The Morgan fingerprint density at radius 3 is 2.74 bits per heavy atom. The number of hydrogen-bond donors (Lipinski definition) is 1. The molecule has 128 valence electrons. The number of carbonyl (C=O) groups excluding carboxylic acids is 1. The molecule has 1 N–H and O–H groups in total. The number of nitrogens with zero attached hydrogens (tertiary/aromatic N) is 1. The standard InChI is InChI=1S/C16H21F3N2O2/c17-16(18,19)12-23-11-15(22)20-7-3-8-21-9-6-13-4-1-2-5-14(13)10-21/h1-2,4-5H,3,6-12H2,(H,20,22). The van der Waals surface area contributed by atoms with Crippen molar-refractivity contribution in [3.05, 3.63) is 35.4 Å². The number of amides is 1. The van der Waals surface area contributed by atoms with Crippen LogP contribution in [0.3, 0.4) is 0 Å². The zero-order valence-electron chi connectivity index (χ0n) is 12.9.